The second kappa shape index (κ2) is 11.0. The lowest BCUT2D eigenvalue weighted by Gasteiger charge is -2.34. The first-order valence-corrected chi connectivity index (χ1v) is 12.4. The third-order valence-electron chi connectivity index (χ3n) is 6.06. The molecule has 1 heterocycles. The molecule has 0 aliphatic rings. The van der Waals surface area contributed by atoms with Crippen LogP contribution in [-0.2, 0) is 4.79 Å². The van der Waals surface area contributed by atoms with Crippen LogP contribution in [-0.4, -0.2) is 41.7 Å². The highest BCUT2D eigenvalue weighted by Crippen LogP contribution is 2.35. The molecule has 37 heavy (non-hydrogen) atoms. The molecule has 3 rings (SSSR count). The molecule has 0 saturated heterocycles. The van der Waals surface area contributed by atoms with Crippen molar-refractivity contribution in [1.82, 2.24) is 9.69 Å². The number of para-hydroxylation sites is 1. The molecular formula is C26H31FN6O3S. The Morgan fingerprint density at radius 2 is 1.73 bits per heavy atom. The van der Waals surface area contributed by atoms with Crippen LogP contribution in [0.2, 0.25) is 0 Å². The van der Waals surface area contributed by atoms with Crippen molar-refractivity contribution in [2.45, 2.75) is 38.8 Å². The van der Waals surface area contributed by atoms with E-state index in [0.717, 1.165) is 10.6 Å². The second-order valence-electron chi connectivity index (χ2n) is 9.38. The smallest absolute Gasteiger partial charge is 0.273 e. The van der Waals surface area contributed by atoms with E-state index in [4.69, 9.17) is 11.5 Å². The van der Waals surface area contributed by atoms with Crippen LogP contribution in [0.15, 0.2) is 48.5 Å². The minimum absolute atomic E-state index is 0.130. The maximum absolute atomic E-state index is 15.2. The number of nitrogens with one attached hydrogen (secondary N) is 1. The zero-order valence-electron chi connectivity index (χ0n) is 21.4. The summed E-state index contributed by atoms with van der Waals surface area (Å²) in [6.07, 6.45) is 0.614. The van der Waals surface area contributed by atoms with Crippen LogP contribution in [0.3, 0.4) is 0 Å². The van der Waals surface area contributed by atoms with Crippen molar-refractivity contribution < 1.29 is 18.8 Å². The van der Waals surface area contributed by atoms with Crippen molar-refractivity contribution in [1.29, 1.82) is 0 Å². The molecule has 0 fully saturated rings. The van der Waals surface area contributed by atoms with E-state index in [1.54, 1.807) is 30.3 Å². The van der Waals surface area contributed by atoms with Gasteiger partial charge in [0.1, 0.15) is 16.7 Å². The van der Waals surface area contributed by atoms with Gasteiger partial charge in [0.2, 0.25) is 5.91 Å². The summed E-state index contributed by atoms with van der Waals surface area (Å²) in [6, 6.07) is 11.4. The number of anilines is 3. The second-order valence-corrected chi connectivity index (χ2v) is 10.2. The number of hydrogen-bond donors (Lipinski definition) is 3. The highest BCUT2D eigenvalue weighted by molar-refractivity contribution is 7.09. The number of rotatable bonds is 9. The van der Waals surface area contributed by atoms with Gasteiger partial charge in [0, 0.05) is 25.3 Å². The van der Waals surface area contributed by atoms with Gasteiger partial charge in [-0.05, 0) is 61.6 Å². The number of halogens is 1. The molecular weight excluding hydrogens is 495 g/mol. The molecule has 5 N–H and O–H groups in total. The summed E-state index contributed by atoms with van der Waals surface area (Å²) in [7, 11) is 3.75. The van der Waals surface area contributed by atoms with Gasteiger partial charge in [-0.25, -0.2) is 4.39 Å². The fourth-order valence-electron chi connectivity index (χ4n) is 3.61. The van der Waals surface area contributed by atoms with Gasteiger partial charge in [-0.1, -0.05) is 31.2 Å². The SMILES string of the molecule is CCC(C)(C)NC(=O)[C@@H](c1ccc(N(C)C)cc1)N(C(=O)c1snc(C(N)=O)c1N)c1ccccc1F. The van der Waals surface area contributed by atoms with E-state index >= 15 is 4.39 Å². The summed E-state index contributed by atoms with van der Waals surface area (Å²) in [5.74, 6) is -2.92. The van der Waals surface area contributed by atoms with Gasteiger partial charge < -0.3 is 21.7 Å². The molecule has 11 heteroatoms. The quantitative estimate of drug-likeness (QED) is 0.389. The number of hydrogen-bond acceptors (Lipinski definition) is 7. The monoisotopic (exact) mass is 526 g/mol. The Labute approximate surface area is 219 Å². The zero-order valence-corrected chi connectivity index (χ0v) is 22.2. The van der Waals surface area contributed by atoms with E-state index < -0.39 is 35.1 Å². The van der Waals surface area contributed by atoms with Crippen LogP contribution in [0.5, 0.6) is 0 Å². The fourth-order valence-corrected chi connectivity index (χ4v) is 4.36. The van der Waals surface area contributed by atoms with Crippen LogP contribution in [0.25, 0.3) is 0 Å². The molecule has 0 aliphatic heterocycles. The molecule has 3 amide bonds. The lowest BCUT2D eigenvalue weighted by molar-refractivity contribution is -0.124. The highest BCUT2D eigenvalue weighted by Gasteiger charge is 2.38. The summed E-state index contributed by atoms with van der Waals surface area (Å²) in [5, 5.41) is 2.97. The predicted octanol–water partition coefficient (Wildman–Crippen LogP) is 3.72. The number of nitrogens with zero attached hydrogens (tertiary/aromatic N) is 3. The molecule has 0 spiro atoms. The third kappa shape index (κ3) is 5.88. The van der Waals surface area contributed by atoms with Crippen molar-refractivity contribution in [3.8, 4) is 0 Å². The molecule has 9 nitrogen and oxygen atoms in total. The molecule has 2 aromatic carbocycles. The van der Waals surface area contributed by atoms with Gasteiger partial charge in [0.15, 0.2) is 5.69 Å². The van der Waals surface area contributed by atoms with Gasteiger partial charge in [0.05, 0.1) is 11.4 Å². The maximum Gasteiger partial charge on any atom is 0.273 e. The van der Waals surface area contributed by atoms with Crippen LogP contribution in [0, 0.1) is 5.82 Å². The number of primary amides is 1. The molecule has 1 aromatic heterocycles. The Morgan fingerprint density at radius 1 is 1.11 bits per heavy atom. The molecule has 196 valence electrons. The molecule has 0 radical (unpaired) electrons. The molecule has 1 atom stereocenters. The number of carbonyl (C=O) groups is 3. The number of carbonyl (C=O) groups excluding carboxylic acids is 3. The van der Waals surface area contributed by atoms with E-state index in [1.165, 1.54) is 18.2 Å². The number of nitrogen functional groups attached to an aromatic ring is 1. The van der Waals surface area contributed by atoms with Crippen LogP contribution >= 0.6 is 11.5 Å². The Morgan fingerprint density at radius 3 is 2.24 bits per heavy atom. The van der Waals surface area contributed by atoms with E-state index in [0.29, 0.717) is 23.5 Å². The van der Waals surface area contributed by atoms with Crippen molar-refractivity contribution in [3.05, 3.63) is 70.5 Å². The minimum Gasteiger partial charge on any atom is -0.395 e. The average Bonchev–Trinajstić information content (AvgIpc) is 3.24. The Hall–Kier alpha value is -3.99. The van der Waals surface area contributed by atoms with Crippen molar-refractivity contribution in [2.75, 3.05) is 29.6 Å². The first-order chi connectivity index (χ1) is 17.4. The van der Waals surface area contributed by atoms with Crippen molar-refractivity contribution in [2.24, 2.45) is 5.73 Å². The summed E-state index contributed by atoms with van der Waals surface area (Å²) in [5.41, 5.74) is 11.5. The first-order valence-electron chi connectivity index (χ1n) is 11.6. The van der Waals surface area contributed by atoms with Crippen LogP contribution in [0.1, 0.15) is 59.0 Å². The Kier molecular flexibility index (Phi) is 8.17. The van der Waals surface area contributed by atoms with E-state index in [1.807, 2.05) is 39.8 Å². The fraction of sp³-hybridized carbons (Fsp3) is 0.308. The van der Waals surface area contributed by atoms with Crippen LogP contribution in [0.4, 0.5) is 21.5 Å². The molecule has 3 aromatic rings. The molecule has 0 saturated carbocycles. The number of aromatic nitrogens is 1. The zero-order chi connectivity index (χ0) is 27.5. The Balaban J connectivity index is 2.26. The van der Waals surface area contributed by atoms with Gasteiger partial charge >= 0.3 is 0 Å². The van der Waals surface area contributed by atoms with E-state index in [9.17, 15) is 14.4 Å². The van der Waals surface area contributed by atoms with Gasteiger partial charge in [-0.3, -0.25) is 19.3 Å². The topological polar surface area (TPSA) is 135 Å². The predicted molar refractivity (Wildman–Crippen MR) is 144 cm³/mol. The summed E-state index contributed by atoms with van der Waals surface area (Å²) >= 11 is 0.662. The lowest BCUT2D eigenvalue weighted by atomic mass is 9.97. The summed E-state index contributed by atoms with van der Waals surface area (Å²) in [4.78, 5) is 42.4. The minimum atomic E-state index is -1.27. The number of nitrogens with two attached hydrogens (primary N) is 2. The largest absolute Gasteiger partial charge is 0.395 e. The maximum atomic E-state index is 15.2. The normalized spacial score (nSPS) is 12.1. The van der Waals surface area contributed by atoms with Gasteiger partial charge in [-0.15, -0.1) is 0 Å². The number of amides is 3. The average molecular weight is 527 g/mol. The van der Waals surface area contributed by atoms with Gasteiger partial charge in [0.25, 0.3) is 11.8 Å². The van der Waals surface area contributed by atoms with Crippen LogP contribution < -0.4 is 26.6 Å². The summed E-state index contributed by atoms with van der Waals surface area (Å²) < 4.78 is 19.1. The van der Waals surface area contributed by atoms with E-state index in [2.05, 4.69) is 9.69 Å². The van der Waals surface area contributed by atoms with Gasteiger partial charge in [-0.2, -0.15) is 4.37 Å². The third-order valence-corrected chi connectivity index (χ3v) is 6.91. The van der Waals surface area contributed by atoms with Crippen molar-refractivity contribution >= 4 is 46.3 Å². The Bertz CT molecular complexity index is 1310. The summed E-state index contributed by atoms with van der Waals surface area (Å²) in [6.45, 7) is 5.63. The number of benzene rings is 2. The standard InChI is InChI=1S/C26H31FN6O3S/c1-6-26(2,3)30-24(35)21(15-11-13-16(14-12-15)32(4)5)33(18-10-8-7-9-17(18)27)25(36)22-19(28)20(23(29)34)31-37-22/h7-14,21H,6,28H2,1-5H3,(H2,29,34)(H,30,35)/t21-/m1/s1. The molecule has 0 unspecified atom stereocenters. The van der Waals surface area contributed by atoms with E-state index in [-0.39, 0.29) is 21.9 Å². The first kappa shape index (κ1) is 27.6. The van der Waals surface area contributed by atoms with Crippen molar-refractivity contribution in [3.63, 3.8) is 0 Å². The lowest BCUT2D eigenvalue weighted by Crippen LogP contribution is -2.50. The molecule has 0 bridgehead atoms. The molecule has 0 aliphatic carbocycles. The highest BCUT2D eigenvalue weighted by atomic mass is 32.1.